The summed E-state index contributed by atoms with van der Waals surface area (Å²) in [5.74, 6) is 4.13. The Morgan fingerprint density at radius 1 is 1.00 bits per heavy atom. The first-order valence-corrected chi connectivity index (χ1v) is 4.86. The minimum absolute atomic E-state index is 0.552. The van der Waals surface area contributed by atoms with Crippen molar-refractivity contribution in [3.8, 4) is 0 Å². The van der Waals surface area contributed by atoms with Crippen LogP contribution in [0.2, 0.25) is 0 Å². The minimum Gasteiger partial charge on any atom is -0.300 e. The lowest BCUT2D eigenvalue weighted by Crippen LogP contribution is -2.15. The molecule has 0 saturated heterocycles. The summed E-state index contributed by atoms with van der Waals surface area (Å²) in [5.41, 5.74) is 0. The zero-order chi connectivity index (χ0) is 7.42. The van der Waals surface area contributed by atoms with E-state index in [4.69, 9.17) is 0 Å². The van der Waals surface area contributed by atoms with E-state index in [0.29, 0.717) is 5.78 Å². The highest BCUT2D eigenvalue weighted by atomic mass is 16.1. The first-order valence-electron chi connectivity index (χ1n) is 4.86. The van der Waals surface area contributed by atoms with Crippen molar-refractivity contribution in [1.29, 1.82) is 0 Å². The molecule has 0 aromatic rings. The van der Waals surface area contributed by atoms with Crippen molar-refractivity contribution in [2.45, 2.75) is 32.1 Å². The van der Waals surface area contributed by atoms with Gasteiger partial charge in [-0.25, -0.2) is 0 Å². The molecule has 3 rings (SSSR count). The van der Waals surface area contributed by atoms with Gasteiger partial charge in [-0.1, -0.05) is 0 Å². The van der Waals surface area contributed by atoms with Crippen LogP contribution in [0.4, 0.5) is 0 Å². The molecule has 4 atom stereocenters. The second-order valence-corrected chi connectivity index (χ2v) is 4.61. The molecule has 0 aliphatic heterocycles. The third kappa shape index (κ3) is 0.692. The maximum absolute atomic E-state index is 11.2. The molecule has 1 nitrogen and oxygen atoms in total. The highest BCUT2D eigenvalue weighted by Crippen LogP contribution is 2.57. The topological polar surface area (TPSA) is 17.1 Å². The van der Waals surface area contributed by atoms with Crippen LogP contribution in [-0.4, -0.2) is 5.78 Å². The van der Waals surface area contributed by atoms with E-state index in [0.717, 1.165) is 36.5 Å². The van der Waals surface area contributed by atoms with Gasteiger partial charge in [0.05, 0.1) is 0 Å². The van der Waals surface area contributed by atoms with Gasteiger partial charge >= 0.3 is 0 Å². The zero-order valence-corrected chi connectivity index (χ0v) is 6.75. The molecule has 3 aliphatic rings. The second-order valence-electron chi connectivity index (χ2n) is 4.61. The van der Waals surface area contributed by atoms with Crippen LogP contribution in [0.15, 0.2) is 0 Å². The molecule has 0 N–H and O–H groups in total. The summed E-state index contributed by atoms with van der Waals surface area (Å²) in [5, 5.41) is 0. The van der Waals surface area contributed by atoms with Gasteiger partial charge in [0.25, 0.3) is 0 Å². The summed E-state index contributed by atoms with van der Waals surface area (Å²) in [6.45, 7) is 0. The maximum Gasteiger partial charge on any atom is 0.133 e. The number of ketones is 1. The number of carbonyl (C=O) groups is 1. The van der Waals surface area contributed by atoms with Gasteiger partial charge in [0.1, 0.15) is 5.78 Å². The Kier molecular flexibility index (Phi) is 1.06. The number of carbonyl (C=O) groups excluding carboxylic acids is 1. The highest BCUT2D eigenvalue weighted by molar-refractivity contribution is 5.81. The highest BCUT2D eigenvalue weighted by Gasteiger charge is 2.51. The molecule has 3 fully saturated rings. The fourth-order valence-corrected chi connectivity index (χ4v) is 3.77. The van der Waals surface area contributed by atoms with E-state index in [-0.39, 0.29) is 0 Å². The smallest absolute Gasteiger partial charge is 0.133 e. The Balaban J connectivity index is 1.92. The van der Waals surface area contributed by atoms with E-state index >= 15 is 0 Å². The third-order valence-electron chi connectivity index (χ3n) is 4.20. The lowest BCUT2D eigenvalue weighted by Gasteiger charge is -2.22. The molecule has 2 bridgehead atoms. The minimum atomic E-state index is 0.552. The number of Topliss-reactive ketones (excluding diaryl/α,β-unsaturated/α-hetero) is 1. The molecule has 0 spiro atoms. The van der Waals surface area contributed by atoms with Crippen molar-refractivity contribution in [3.05, 3.63) is 0 Å². The van der Waals surface area contributed by atoms with Gasteiger partial charge in [-0.15, -0.1) is 0 Å². The van der Waals surface area contributed by atoms with Crippen molar-refractivity contribution in [2.75, 3.05) is 0 Å². The summed E-state index contributed by atoms with van der Waals surface area (Å²) < 4.78 is 0. The standard InChI is InChI=1S/C10H14O/c11-8-4-9-6-1-2-7(3-6)10(9)5-8/h6-7,9-10H,1-5H2/t6-,7+,9-,10+. The van der Waals surface area contributed by atoms with Crippen LogP contribution < -0.4 is 0 Å². The summed E-state index contributed by atoms with van der Waals surface area (Å²) in [7, 11) is 0. The van der Waals surface area contributed by atoms with Crippen LogP contribution in [0.1, 0.15) is 32.1 Å². The number of rotatable bonds is 0. The molecular weight excluding hydrogens is 136 g/mol. The van der Waals surface area contributed by atoms with Crippen LogP contribution in [0.3, 0.4) is 0 Å². The summed E-state index contributed by atoms with van der Waals surface area (Å²) in [6, 6.07) is 0. The normalized spacial score (nSPS) is 53.6. The molecule has 0 heterocycles. The van der Waals surface area contributed by atoms with Crippen LogP contribution in [0.25, 0.3) is 0 Å². The molecule has 0 radical (unpaired) electrons. The molecule has 11 heavy (non-hydrogen) atoms. The van der Waals surface area contributed by atoms with Gasteiger partial charge in [-0.3, -0.25) is 4.79 Å². The maximum atomic E-state index is 11.2. The van der Waals surface area contributed by atoms with E-state index in [1.165, 1.54) is 19.3 Å². The average Bonchev–Trinajstić information content (AvgIpc) is 2.53. The van der Waals surface area contributed by atoms with Gasteiger partial charge in [0.2, 0.25) is 0 Å². The van der Waals surface area contributed by atoms with E-state index in [9.17, 15) is 4.79 Å². The number of hydrogen-bond acceptors (Lipinski definition) is 1. The fourth-order valence-electron chi connectivity index (χ4n) is 3.77. The monoisotopic (exact) mass is 150 g/mol. The van der Waals surface area contributed by atoms with Crippen molar-refractivity contribution < 1.29 is 4.79 Å². The Labute approximate surface area is 67.2 Å². The van der Waals surface area contributed by atoms with Gasteiger partial charge in [0.15, 0.2) is 0 Å². The average molecular weight is 150 g/mol. The van der Waals surface area contributed by atoms with Gasteiger partial charge in [0, 0.05) is 12.8 Å². The van der Waals surface area contributed by atoms with Crippen molar-refractivity contribution >= 4 is 5.78 Å². The Bertz CT molecular complexity index is 189. The van der Waals surface area contributed by atoms with E-state index in [1.807, 2.05) is 0 Å². The van der Waals surface area contributed by atoms with Crippen LogP contribution >= 0.6 is 0 Å². The number of fused-ring (bicyclic) bond motifs is 5. The predicted molar refractivity (Wildman–Crippen MR) is 42.1 cm³/mol. The molecule has 3 aliphatic carbocycles. The largest absolute Gasteiger partial charge is 0.300 e. The molecular formula is C10H14O. The molecule has 0 amide bonds. The van der Waals surface area contributed by atoms with Gasteiger partial charge in [-0.2, -0.15) is 0 Å². The van der Waals surface area contributed by atoms with Crippen molar-refractivity contribution in [2.24, 2.45) is 23.7 Å². The fraction of sp³-hybridized carbons (Fsp3) is 0.900. The van der Waals surface area contributed by atoms with E-state index in [1.54, 1.807) is 0 Å². The predicted octanol–water partition coefficient (Wildman–Crippen LogP) is 2.01. The van der Waals surface area contributed by atoms with Crippen LogP contribution in [0, 0.1) is 23.7 Å². The van der Waals surface area contributed by atoms with Crippen LogP contribution in [0.5, 0.6) is 0 Å². The zero-order valence-electron chi connectivity index (χ0n) is 6.75. The Morgan fingerprint density at radius 3 is 2.09 bits per heavy atom. The van der Waals surface area contributed by atoms with E-state index < -0.39 is 0 Å². The third-order valence-corrected chi connectivity index (χ3v) is 4.20. The quantitative estimate of drug-likeness (QED) is 0.516. The summed E-state index contributed by atoms with van der Waals surface area (Å²) in [6.07, 6.45) is 6.19. The van der Waals surface area contributed by atoms with Crippen LogP contribution in [-0.2, 0) is 4.79 Å². The lowest BCUT2D eigenvalue weighted by molar-refractivity contribution is -0.118. The first-order chi connectivity index (χ1) is 5.34. The lowest BCUT2D eigenvalue weighted by atomic mass is 9.82. The Hall–Kier alpha value is -0.330. The van der Waals surface area contributed by atoms with Crippen molar-refractivity contribution in [1.82, 2.24) is 0 Å². The second kappa shape index (κ2) is 1.88. The molecule has 60 valence electrons. The summed E-state index contributed by atoms with van der Waals surface area (Å²) in [4.78, 5) is 11.2. The summed E-state index contributed by atoms with van der Waals surface area (Å²) >= 11 is 0. The molecule has 0 unspecified atom stereocenters. The molecule has 0 aromatic carbocycles. The van der Waals surface area contributed by atoms with Gasteiger partial charge in [-0.05, 0) is 42.9 Å². The number of hydrogen-bond donors (Lipinski definition) is 0. The van der Waals surface area contributed by atoms with Gasteiger partial charge < -0.3 is 0 Å². The van der Waals surface area contributed by atoms with E-state index in [2.05, 4.69) is 0 Å². The molecule has 0 aromatic heterocycles. The molecule has 3 saturated carbocycles. The Morgan fingerprint density at radius 2 is 1.55 bits per heavy atom. The molecule has 1 heteroatoms. The van der Waals surface area contributed by atoms with Crippen molar-refractivity contribution in [3.63, 3.8) is 0 Å². The SMILES string of the molecule is O=C1C[C@@H]2[C@@H]3CC[C@@H](C3)[C@@H]2C1. The first kappa shape index (κ1) is 6.22.